The van der Waals surface area contributed by atoms with Crippen molar-refractivity contribution in [3.05, 3.63) is 72.8 Å². The zero-order valence-electron chi connectivity index (χ0n) is 12.2. The molecule has 3 aromatic rings. The van der Waals surface area contributed by atoms with Gasteiger partial charge in [0.15, 0.2) is 5.78 Å². The SMILES string of the molecule is COc1ccc(-n2c[n+](CC(=O)c3ccccc3)cn2)cc1. The van der Waals surface area contributed by atoms with Gasteiger partial charge in [-0.1, -0.05) is 35.0 Å². The summed E-state index contributed by atoms with van der Waals surface area (Å²) in [5.74, 6) is 0.850. The van der Waals surface area contributed by atoms with Gasteiger partial charge in [-0.3, -0.25) is 4.79 Å². The summed E-state index contributed by atoms with van der Waals surface area (Å²) in [4.78, 5) is 12.2. The Morgan fingerprint density at radius 3 is 2.55 bits per heavy atom. The van der Waals surface area contributed by atoms with E-state index >= 15 is 0 Å². The Hall–Kier alpha value is -2.95. The maximum atomic E-state index is 12.2. The monoisotopic (exact) mass is 294 g/mol. The highest BCUT2D eigenvalue weighted by molar-refractivity contribution is 5.94. The Kier molecular flexibility index (Phi) is 3.96. The van der Waals surface area contributed by atoms with Crippen LogP contribution in [0.5, 0.6) is 5.75 Å². The van der Waals surface area contributed by atoms with Crippen LogP contribution in [0.4, 0.5) is 0 Å². The van der Waals surface area contributed by atoms with Crippen molar-refractivity contribution in [3.8, 4) is 11.4 Å². The van der Waals surface area contributed by atoms with Crippen LogP contribution in [-0.2, 0) is 6.54 Å². The number of hydrogen-bond donors (Lipinski definition) is 0. The van der Waals surface area contributed by atoms with E-state index in [0.29, 0.717) is 5.56 Å². The van der Waals surface area contributed by atoms with Gasteiger partial charge in [0.25, 0.3) is 6.33 Å². The fraction of sp³-hybridized carbons (Fsp3) is 0.118. The van der Waals surface area contributed by atoms with Crippen molar-refractivity contribution in [2.75, 3.05) is 7.11 Å². The summed E-state index contributed by atoms with van der Waals surface area (Å²) in [6.45, 7) is 0.264. The molecule has 2 aromatic carbocycles. The third-order valence-corrected chi connectivity index (χ3v) is 3.34. The summed E-state index contributed by atoms with van der Waals surface area (Å²) in [7, 11) is 1.63. The summed E-state index contributed by atoms with van der Waals surface area (Å²) in [5.41, 5.74) is 1.61. The number of rotatable bonds is 5. The van der Waals surface area contributed by atoms with Gasteiger partial charge in [0.05, 0.1) is 7.11 Å². The Morgan fingerprint density at radius 2 is 1.86 bits per heavy atom. The highest BCUT2D eigenvalue weighted by Crippen LogP contribution is 2.13. The lowest BCUT2D eigenvalue weighted by molar-refractivity contribution is -0.683. The number of hydrogen-bond acceptors (Lipinski definition) is 3. The molecule has 0 bridgehead atoms. The molecule has 0 aliphatic rings. The lowest BCUT2D eigenvalue weighted by Gasteiger charge is -1.99. The fourth-order valence-electron chi connectivity index (χ4n) is 2.15. The maximum absolute atomic E-state index is 12.2. The van der Waals surface area contributed by atoms with Gasteiger partial charge in [-0.2, -0.15) is 0 Å². The molecule has 0 spiro atoms. The van der Waals surface area contributed by atoms with E-state index in [-0.39, 0.29) is 12.3 Å². The zero-order chi connectivity index (χ0) is 15.4. The third kappa shape index (κ3) is 3.03. The quantitative estimate of drug-likeness (QED) is 0.534. The Labute approximate surface area is 128 Å². The number of ketones is 1. The second-order valence-electron chi connectivity index (χ2n) is 4.85. The minimum Gasteiger partial charge on any atom is -0.497 e. The maximum Gasteiger partial charge on any atom is 0.266 e. The minimum absolute atomic E-state index is 0.0554. The van der Waals surface area contributed by atoms with Gasteiger partial charge >= 0.3 is 0 Å². The molecule has 22 heavy (non-hydrogen) atoms. The summed E-state index contributed by atoms with van der Waals surface area (Å²) in [6, 6.07) is 16.8. The molecular weight excluding hydrogens is 278 g/mol. The van der Waals surface area contributed by atoms with E-state index in [2.05, 4.69) is 5.10 Å². The highest BCUT2D eigenvalue weighted by Gasteiger charge is 2.13. The number of carbonyl (C=O) groups is 1. The molecule has 1 aromatic heterocycles. The number of ether oxygens (including phenoxy) is 1. The first-order chi connectivity index (χ1) is 10.8. The molecule has 0 radical (unpaired) electrons. The molecule has 0 fully saturated rings. The van der Waals surface area contributed by atoms with Crippen molar-refractivity contribution in [2.24, 2.45) is 0 Å². The Morgan fingerprint density at radius 1 is 1.14 bits per heavy atom. The summed E-state index contributed by atoms with van der Waals surface area (Å²) >= 11 is 0. The lowest BCUT2D eigenvalue weighted by Crippen LogP contribution is -2.35. The molecule has 0 aliphatic heterocycles. The van der Waals surface area contributed by atoms with E-state index in [1.54, 1.807) is 29.0 Å². The first-order valence-electron chi connectivity index (χ1n) is 6.92. The van der Waals surface area contributed by atoms with Gasteiger partial charge < -0.3 is 4.74 Å². The molecule has 110 valence electrons. The number of benzene rings is 2. The van der Waals surface area contributed by atoms with Crippen LogP contribution >= 0.6 is 0 Å². The summed E-state index contributed by atoms with van der Waals surface area (Å²) in [5, 5.41) is 4.28. The highest BCUT2D eigenvalue weighted by atomic mass is 16.5. The van der Waals surface area contributed by atoms with Gasteiger partial charge in [-0.15, -0.1) is 0 Å². The van der Waals surface area contributed by atoms with Crippen molar-refractivity contribution in [1.29, 1.82) is 0 Å². The Bertz CT molecular complexity index is 764. The second kappa shape index (κ2) is 6.22. The Balaban J connectivity index is 1.74. The molecule has 0 N–H and O–H groups in total. The van der Waals surface area contributed by atoms with Crippen LogP contribution in [0.3, 0.4) is 0 Å². The number of Topliss-reactive ketones (excluding diaryl/α,β-unsaturated/α-hetero) is 1. The number of nitrogens with zero attached hydrogens (tertiary/aromatic N) is 3. The van der Waals surface area contributed by atoms with Crippen LogP contribution in [0.25, 0.3) is 5.69 Å². The predicted molar refractivity (Wildman–Crippen MR) is 81.1 cm³/mol. The van der Waals surface area contributed by atoms with Crippen LogP contribution in [-0.4, -0.2) is 22.7 Å². The molecule has 0 aliphatic carbocycles. The summed E-state index contributed by atoms with van der Waals surface area (Å²) < 4.78 is 8.62. The van der Waals surface area contributed by atoms with E-state index in [1.165, 1.54) is 0 Å². The zero-order valence-corrected chi connectivity index (χ0v) is 12.2. The largest absolute Gasteiger partial charge is 0.497 e. The summed E-state index contributed by atoms with van der Waals surface area (Å²) in [6.07, 6.45) is 3.44. The average molecular weight is 294 g/mol. The lowest BCUT2D eigenvalue weighted by atomic mass is 10.1. The van der Waals surface area contributed by atoms with Crippen LogP contribution in [0, 0.1) is 0 Å². The number of carbonyl (C=O) groups excluding carboxylic acids is 1. The third-order valence-electron chi connectivity index (χ3n) is 3.34. The minimum atomic E-state index is 0.0554. The topological polar surface area (TPSA) is 48.0 Å². The first-order valence-corrected chi connectivity index (χ1v) is 6.92. The molecule has 0 unspecified atom stereocenters. The molecule has 5 heteroatoms. The van der Waals surface area contributed by atoms with Gasteiger partial charge in [-0.05, 0) is 24.3 Å². The molecule has 0 amide bonds. The number of methoxy groups -OCH3 is 1. The van der Waals surface area contributed by atoms with Gasteiger partial charge in [0.1, 0.15) is 18.0 Å². The second-order valence-corrected chi connectivity index (χ2v) is 4.85. The van der Waals surface area contributed by atoms with Crippen molar-refractivity contribution in [2.45, 2.75) is 6.54 Å². The average Bonchev–Trinajstić information content (AvgIpc) is 3.04. The van der Waals surface area contributed by atoms with E-state index in [4.69, 9.17) is 4.74 Å². The molecule has 0 saturated carbocycles. The van der Waals surface area contributed by atoms with E-state index in [9.17, 15) is 4.79 Å². The number of aromatic nitrogens is 3. The van der Waals surface area contributed by atoms with Gasteiger partial charge in [-0.25, -0.2) is 4.57 Å². The van der Waals surface area contributed by atoms with E-state index < -0.39 is 0 Å². The predicted octanol–water partition coefficient (Wildman–Crippen LogP) is 2.05. The smallest absolute Gasteiger partial charge is 0.266 e. The van der Waals surface area contributed by atoms with Crippen LogP contribution in [0.1, 0.15) is 10.4 Å². The van der Waals surface area contributed by atoms with Crippen LogP contribution in [0.15, 0.2) is 67.3 Å². The van der Waals surface area contributed by atoms with E-state index in [1.807, 2.05) is 54.6 Å². The molecule has 5 nitrogen and oxygen atoms in total. The van der Waals surface area contributed by atoms with Gasteiger partial charge in [0.2, 0.25) is 6.33 Å². The van der Waals surface area contributed by atoms with Crippen molar-refractivity contribution in [3.63, 3.8) is 0 Å². The molecular formula is C17H16N3O2+. The normalized spacial score (nSPS) is 10.4. The molecule has 1 heterocycles. The molecule has 3 rings (SSSR count). The first kappa shape index (κ1) is 14.0. The standard InChI is InChI=1S/C17H16N3O2/c1-22-16-9-7-15(8-10-16)20-13-19(12-18-20)11-17(21)14-5-3-2-4-6-14/h2-10,12-13H,11H2,1H3/q+1. The van der Waals surface area contributed by atoms with Gasteiger partial charge in [0, 0.05) is 10.7 Å². The van der Waals surface area contributed by atoms with Crippen molar-refractivity contribution in [1.82, 2.24) is 9.78 Å². The van der Waals surface area contributed by atoms with Crippen LogP contribution < -0.4 is 9.30 Å². The molecule has 0 atom stereocenters. The molecule has 0 saturated heterocycles. The van der Waals surface area contributed by atoms with Crippen molar-refractivity contribution >= 4 is 5.78 Å². The fourth-order valence-corrected chi connectivity index (χ4v) is 2.15. The van der Waals surface area contributed by atoms with Crippen molar-refractivity contribution < 1.29 is 14.1 Å². The van der Waals surface area contributed by atoms with E-state index in [0.717, 1.165) is 11.4 Å². The van der Waals surface area contributed by atoms with Crippen LogP contribution in [0.2, 0.25) is 0 Å².